The molecule has 3 rings (SSSR count). The number of anilines is 1. The van der Waals surface area contributed by atoms with Crippen LogP contribution in [-0.2, 0) is 6.54 Å². The number of nitrogens with zero attached hydrogens (tertiary/aromatic N) is 6. The van der Waals surface area contributed by atoms with Crippen LogP contribution in [0.15, 0.2) is 46.5 Å². The molecule has 0 unspecified atom stereocenters. The predicted octanol–water partition coefficient (Wildman–Crippen LogP) is 2.32. The smallest absolute Gasteiger partial charge is 0.318 e. The van der Waals surface area contributed by atoms with Gasteiger partial charge in [0.05, 0.1) is 0 Å². The number of carbonyl (C=O) groups excluding carboxylic acids is 1. The highest BCUT2D eigenvalue weighted by molar-refractivity contribution is 6.03. The van der Waals surface area contributed by atoms with E-state index in [-0.39, 0.29) is 23.8 Å². The van der Waals surface area contributed by atoms with Gasteiger partial charge in [0.25, 0.3) is 5.91 Å². The lowest BCUT2D eigenvalue weighted by Crippen LogP contribution is -2.43. The fraction of sp³-hybridized carbons (Fsp3) is 0.409. The first-order chi connectivity index (χ1) is 15.1. The van der Waals surface area contributed by atoms with Gasteiger partial charge in [0.2, 0.25) is 11.8 Å². The molecule has 1 saturated heterocycles. The molecule has 1 fully saturated rings. The van der Waals surface area contributed by atoms with Crippen molar-refractivity contribution in [2.45, 2.75) is 20.4 Å². The number of amidine groups is 1. The summed E-state index contributed by atoms with van der Waals surface area (Å²) in [5.41, 5.74) is 1.67. The topological polar surface area (TPSA) is 95.3 Å². The fourth-order valence-electron chi connectivity index (χ4n) is 3.15. The Kier molecular flexibility index (Phi) is 8.19. The molecule has 1 aromatic carbocycles. The van der Waals surface area contributed by atoms with Gasteiger partial charge in [0.15, 0.2) is 0 Å². The van der Waals surface area contributed by atoms with Crippen molar-refractivity contribution < 1.29 is 9.53 Å². The second-order valence-corrected chi connectivity index (χ2v) is 7.20. The Labute approximate surface area is 182 Å². The standard InChI is InChI=1S/C22H29N7O2/c1-4-23-22(24-5-2)31-19-9-10-25-21(26-19)27-20(30)18-8-6-7-17(15-18)16-29-13-11-28(3)12-14-29/h4,6-10,15H,5,11-14,16H2,1-3H3,(H,25,26,27,30)/b23-4-,24-22?. The zero-order valence-electron chi connectivity index (χ0n) is 18.3. The van der Waals surface area contributed by atoms with Crippen LogP contribution in [0.5, 0.6) is 5.88 Å². The predicted molar refractivity (Wildman–Crippen MR) is 122 cm³/mol. The van der Waals surface area contributed by atoms with Crippen LogP contribution < -0.4 is 10.1 Å². The molecule has 1 aromatic heterocycles. The number of amides is 1. The van der Waals surface area contributed by atoms with Gasteiger partial charge in [0, 0.05) is 63.3 Å². The van der Waals surface area contributed by atoms with Crippen LogP contribution in [0.1, 0.15) is 29.8 Å². The SMILES string of the molecule is C/C=N\C(=NCC)Oc1ccnc(NC(=O)c2cccc(CN3CCN(C)CC3)c2)n1. The quantitative estimate of drug-likeness (QED) is 0.566. The van der Waals surface area contributed by atoms with E-state index in [1.165, 1.54) is 6.20 Å². The molecule has 0 aliphatic carbocycles. The van der Waals surface area contributed by atoms with E-state index in [1.54, 1.807) is 25.3 Å². The molecule has 2 aromatic rings. The van der Waals surface area contributed by atoms with Gasteiger partial charge in [-0.15, -0.1) is 0 Å². The summed E-state index contributed by atoms with van der Waals surface area (Å²) >= 11 is 0. The summed E-state index contributed by atoms with van der Waals surface area (Å²) in [5, 5.41) is 2.73. The minimum atomic E-state index is -0.272. The van der Waals surface area contributed by atoms with Crippen LogP contribution in [0.3, 0.4) is 0 Å². The van der Waals surface area contributed by atoms with Crippen molar-refractivity contribution in [3.63, 3.8) is 0 Å². The summed E-state index contributed by atoms with van der Waals surface area (Å²) < 4.78 is 5.58. The van der Waals surface area contributed by atoms with Gasteiger partial charge in [-0.25, -0.2) is 15.0 Å². The Morgan fingerprint density at radius 1 is 1.26 bits per heavy atom. The second kappa shape index (κ2) is 11.3. The Morgan fingerprint density at radius 2 is 2.06 bits per heavy atom. The summed E-state index contributed by atoms with van der Waals surface area (Å²) in [6, 6.07) is 9.43. The molecule has 0 spiro atoms. The summed E-state index contributed by atoms with van der Waals surface area (Å²) in [7, 11) is 2.14. The third kappa shape index (κ3) is 6.94. The van der Waals surface area contributed by atoms with Crippen molar-refractivity contribution in [2.75, 3.05) is 45.1 Å². The lowest BCUT2D eigenvalue weighted by molar-refractivity contribution is 0.102. The number of hydrogen-bond donors (Lipinski definition) is 1. The van der Waals surface area contributed by atoms with E-state index in [0.717, 1.165) is 38.3 Å². The van der Waals surface area contributed by atoms with Gasteiger partial charge < -0.3 is 9.64 Å². The Balaban J connectivity index is 1.64. The highest BCUT2D eigenvalue weighted by atomic mass is 16.5. The Morgan fingerprint density at radius 3 is 2.81 bits per heavy atom. The lowest BCUT2D eigenvalue weighted by atomic mass is 10.1. The highest BCUT2D eigenvalue weighted by Gasteiger charge is 2.15. The second-order valence-electron chi connectivity index (χ2n) is 7.20. The number of hydrogen-bond acceptors (Lipinski definition) is 7. The molecule has 0 atom stereocenters. The fourth-order valence-corrected chi connectivity index (χ4v) is 3.15. The molecule has 2 heterocycles. The number of carbonyl (C=O) groups is 1. The van der Waals surface area contributed by atoms with E-state index in [4.69, 9.17) is 4.74 Å². The van der Waals surface area contributed by atoms with E-state index in [0.29, 0.717) is 12.1 Å². The molecular weight excluding hydrogens is 394 g/mol. The number of aromatic nitrogens is 2. The molecule has 1 aliphatic rings. The van der Waals surface area contributed by atoms with Crippen LogP contribution >= 0.6 is 0 Å². The molecule has 0 saturated carbocycles. The maximum atomic E-state index is 12.7. The number of piperazine rings is 1. The zero-order chi connectivity index (χ0) is 22.1. The first-order valence-electron chi connectivity index (χ1n) is 10.4. The van der Waals surface area contributed by atoms with E-state index < -0.39 is 0 Å². The summed E-state index contributed by atoms with van der Waals surface area (Å²) in [4.78, 5) is 34.0. The third-order valence-corrected chi connectivity index (χ3v) is 4.78. The van der Waals surface area contributed by atoms with Crippen molar-refractivity contribution in [3.05, 3.63) is 47.7 Å². The number of benzene rings is 1. The van der Waals surface area contributed by atoms with Gasteiger partial charge >= 0.3 is 6.02 Å². The van der Waals surface area contributed by atoms with Crippen molar-refractivity contribution >= 4 is 24.1 Å². The van der Waals surface area contributed by atoms with Gasteiger partial charge in [-0.05, 0) is 38.6 Å². The van der Waals surface area contributed by atoms with E-state index in [2.05, 4.69) is 42.1 Å². The summed E-state index contributed by atoms with van der Waals surface area (Å²) in [5.74, 6) is 0.140. The molecule has 9 heteroatoms. The van der Waals surface area contributed by atoms with E-state index in [1.807, 2.05) is 25.1 Å². The maximum absolute atomic E-state index is 12.7. The van der Waals surface area contributed by atoms with Crippen LogP contribution in [0.4, 0.5) is 5.95 Å². The number of aliphatic imine (C=N–C) groups is 2. The third-order valence-electron chi connectivity index (χ3n) is 4.78. The molecule has 0 bridgehead atoms. The van der Waals surface area contributed by atoms with Crippen molar-refractivity contribution in [2.24, 2.45) is 9.98 Å². The van der Waals surface area contributed by atoms with Crippen molar-refractivity contribution in [1.29, 1.82) is 0 Å². The number of ether oxygens (including phenoxy) is 1. The normalized spacial score (nSPS) is 15.9. The van der Waals surface area contributed by atoms with Gasteiger partial charge in [-0.2, -0.15) is 4.98 Å². The van der Waals surface area contributed by atoms with Crippen LogP contribution in [0.25, 0.3) is 0 Å². The average Bonchev–Trinajstić information content (AvgIpc) is 2.76. The van der Waals surface area contributed by atoms with Crippen molar-refractivity contribution in [1.82, 2.24) is 19.8 Å². The first kappa shape index (κ1) is 22.5. The van der Waals surface area contributed by atoms with E-state index in [9.17, 15) is 4.79 Å². The summed E-state index contributed by atoms with van der Waals surface area (Å²) in [6.45, 7) is 9.19. The minimum absolute atomic E-state index is 0.156. The van der Waals surface area contributed by atoms with Gasteiger partial charge in [0.1, 0.15) is 0 Å². The van der Waals surface area contributed by atoms with E-state index >= 15 is 0 Å². The number of rotatable bonds is 6. The molecule has 1 amide bonds. The maximum Gasteiger partial charge on any atom is 0.318 e. The number of likely N-dealkylation sites (N-methyl/N-ethyl adjacent to an activating group) is 1. The molecule has 31 heavy (non-hydrogen) atoms. The Bertz CT molecular complexity index is 937. The molecule has 1 aliphatic heterocycles. The summed E-state index contributed by atoms with van der Waals surface area (Å²) in [6.07, 6.45) is 3.11. The molecular formula is C22H29N7O2. The van der Waals surface area contributed by atoms with Crippen LogP contribution in [0.2, 0.25) is 0 Å². The van der Waals surface area contributed by atoms with Crippen LogP contribution in [0, 0.1) is 0 Å². The molecule has 1 N–H and O–H groups in total. The molecule has 164 valence electrons. The first-order valence-corrected chi connectivity index (χ1v) is 10.4. The number of nitrogens with one attached hydrogen (secondary N) is 1. The van der Waals surface area contributed by atoms with Crippen molar-refractivity contribution in [3.8, 4) is 5.88 Å². The minimum Gasteiger partial charge on any atom is -0.405 e. The van der Waals surface area contributed by atoms with Gasteiger partial charge in [-0.3, -0.25) is 15.0 Å². The van der Waals surface area contributed by atoms with Crippen LogP contribution in [-0.4, -0.2) is 77.7 Å². The lowest BCUT2D eigenvalue weighted by Gasteiger charge is -2.32. The highest BCUT2D eigenvalue weighted by Crippen LogP contribution is 2.13. The molecule has 9 nitrogen and oxygen atoms in total. The van der Waals surface area contributed by atoms with Gasteiger partial charge in [-0.1, -0.05) is 12.1 Å². The average molecular weight is 424 g/mol. The zero-order valence-corrected chi connectivity index (χ0v) is 18.3. The molecule has 0 radical (unpaired) electrons. The Hall–Kier alpha value is -3.17. The largest absolute Gasteiger partial charge is 0.405 e. The monoisotopic (exact) mass is 423 g/mol.